The highest BCUT2D eigenvalue weighted by Gasteiger charge is 2.36. The number of amides is 2. The average molecular weight is 630 g/mol. The van der Waals surface area contributed by atoms with E-state index < -0.39 is 45.8 Å². The number of carbonyl (C=O) groups excluding carboxylic acids is 2. The SMILES string of the molecule is Cc1ccc(N(CC(=O)N(Cc2ccccc2F)[C@H](Cc2ccccc2)C(=O)NC(C)(C)C)S(=O)(=O)c2ccccc2)c(C)c1. The largest absolute Gasteiger partial charge is 0.350 e. The maximum Gasteiger partial charge on any atom is 0.264 e. The van der Waals surface area contributed by atoms with E-state index in [0.29, 0.717) is 11.3 Å². The maximum absolute atomic E-state index is 15.1. The van der Waals surface area contributed by atoms with Gasteiger partial charge in [-0.15, -0.1) is 0 Å². The molecular weight excluding hydrogens is 589 g/mol. The van der Waals surface area contributed by atoms with E-state index in [0.717, 1.165) is 15.4 Å². The van der Waals surface area contributed by atoms with Crippen LogP contribution in [0.1, 0.15) is 43.0 Å². The second-order valence-electron chi connectivity index (χ2n) is 12.2. The second kappa shape index (κ2) is 14.1. The van der Waals surface area contributed by atoms with Crippen molar-refractivity contribution in [3.05, 3.63) is 131 Å². The minimum absolute atomic E-state index is 0.0183. The summed E-state index contributed by atoms with van der Waals surface area (Å²) in [4.78, 5) is 29.8. The number of nitrogens with one attached hydrogen (secondary N) is 1. The number of benzene rings is 4. The van der Waals surface area contributed by atoms with E-state index >= 15 is 4.39 Å². The molecule has 7 nitrogen and oxygen atoms in total. The molecule has 0 fully saturated rings. The van der Waals surface area contributed by atoms with Crippen LogP contribution in [-0.2, 0) is 32.6 Å². The van der Waals surface area contributed by atoms with Gasteiger partial charge in [0.25, 0.3) is 10.0 Å². The van der Waals surface area contributed by atoms with Gasteiger partial charge in [0, 0.05) is 24.1 Å². The van der Waals surface area contributed by atoms with E-state index in [1.165, 1.54) is 23.1 Å². The van der Waals surface area contributed by atoms with E-state index in [-0.39, 0.29) is 23.4 Å². The van der Waals surface area contributed by atoms with Crippen LogP contribution < -0.4 is 9.62 Å². The molecular formula is C36H40FN3O4S. The van der Waals surface area contributed by atoms with E-state index in [1.807, 2.05) is 64.1 Å². The number of anilines is 1. The molecule has 0 spiro atoms. The van der Waals surface area contributed by atoms with Crippen LogP contribution in [0.5, 0.6) is 0 Å². The Balaban J connectivity index is 1.84. The Morgan fingerprint density at radius 2 is 1.44 bits per heavy atom. The molecule has 0 aliphatic rings. The number of hydrogen-bond donors (Lipinski definition) is 1. The molecule has 2 amide bonds. The van der Waals surface area contributed by atoms with Crippen LogP contribution in [0.4, 0.5) is 10.1 Å². The molecule has 45 heavy (non-hydrogen) atoms. The van der Waals surface area contributed by atoms with Crippen molar-refractivity contribution in [2.45, 2.75) is 64.1 Å². The van der Waals surface area contributed by atoms with Crippen molar-refractivity contribution in [2.75, 3.05) is 10.8 Å². The fraction of sp³-hybridized carbons (Fsp3) is 0.278. The minimum atomic E-state index is -4.22. The van der Waals surface area contributed by atoms with Crippen LogP contribution in [0.15, 0.2) is 108 Å². The van der Waals surface area contributed by atoms with Gasteiger partial charge in [0.05, 0.1) is 10.6 Å². The maximum atomic E-state index is 15.1. The molecule has 4 aromatic rings. The highest BCUT2D eigenvalue weighted by atomic mass is 32.2. The van der Waals surface area contributed by atoms with Crippen molar-refractivity contribution < 1.29 is 22.4 Å². The van der Waals surface area contributed by atoms with Crippen molar-refractivity contribution in [1.82, 2.24) is 10.2 Å². The summed E-state index contributed by atoms with van der Waals surface area (Å²) in [5.74, 6) is -1.61. The Morgan fingerprint density at radius 1 is 0.844 bits per heavy atom. The Kier molecular flexibility index (Phi) is 10.4. The molecule has 0 bridgehead atoms. The summed E-state index contributed by atoms with van der Waals surface area (Å²) < 4.78 is 44.4. The van der Waals surface area contributed by atoms with Crippen molar-refractivity contribution in [3.8, 4) is 0 Å². The molecule has 0 aliphatic heterocycles. The van der Waals surface area contributed by atoms with Gasteiger partial charge in [-0.1, -0.05) is 84.4 Å². The van der Waals surface area contributed by atoms with E-state index in [9.17, 15) is 18.0 Å². The van der Waals surface area contributed by atoms with Crippen LogP contribution in [-0.4, -0.2) is 43.3 Å². The first kappa shape index (κ1) is 33.4. The van der Waals surface area contributed by atoms with Gasteiger partial charge < -0.3 is 10.2 Å². The summed E-state index contributed by atoms with van der Waals surface area (Å²) in [6.45, 7) is 8.34. The summed E-state index contributed by atoms with van der Waals surface area (Å²) in [7, 11) is -4.22. The smallest absolute Gasteiger partial charge is 0.264 e. The van der Waals surface area contributed by atoms with Crippen molar-refractivity contribution >= 4 is 27.5 Å². The molecule has 0 unspecified atom stereocenters. The summed E-state index contributed by atoms with van der Waals surface area (Å²) in [5, 5.41) is 2.97. The third-order valence-electron chi connectivity index (χ3n) is 7.30. The second-order valence-corrected chi connectivity index (χ2v) is 14.0. The van der Waals surface area contributed by atoms with Gasteiger partial charge in [-0.3, -0.25) is 13.9 Å². The summed E-state index contributed by atoms with van der Waals surface area (Å²) in [6.07, 6.45) is 0.137. The molecule has 0 radical (unpaired) electrons. The van der Waals surface area contributed by atoms with Gasteiger partial charge in [-0.25, -0.2) is 12.8 Å². The molecule has 0 heterocycles. The number of hydrogen-bond acceptors (Lipinski definition) is 4. The van der Waals surface area contributed by atoms with E-state index in [1.54, 1.807) is 55.5 Å². The number of sulfonamides is 1. The first-order valence-electron chi connectivity index (χ1n) is 14.8. The number of nitrogens with zero attached hydrogens (tertiary/aromatic N) is 2. The molecule has 9 heteroatoms. The number of rotatable bonds is 11. The Bertz CT molecular complexity index is 1740. The molecule has 4 rings (SSSR count). The van der Waals surface area contributed by atoms with Crippen LogP contribution in [0, 0.1) is 19.7 Å². The van der Waals surface area contributed by atoms with Crippen molar-refractivity contribution in [2.24, 2.45) is 0 Å². The highest BCUT2D eigenvalue weighted by molar-refractivity contribution is 7.92. The first-order valence-corrected chi connectivity index (χ1v) is 16.2. The molecule has 4 aromatic carbocycles. The lowest BCUT2D eigenvalue weighted by molar-refractivity contribution is -0.140. The Morgan fingerprint density at radius 3 is 2.04 bits per heavy atom. The summed E-state index contributed by atoms with van der Waals surface area (Å²) in [5.41, 5.74) is 2.30. The fourth-order valence-electron chi connectivity index (χ4n) is 5.14. The van der Waals surface area contributed by atoms with Gasteiger partial charge >= 0.3 is 0 Å². The zero-order valence-electron chi connectivity index (χ0n) is 26.3. The first-order chi connectivity index (χ1) is 21.3. The van der Waals surface area contributed by atoms with Crippen LogP contribution in [0.2, 0.25) is 0 Å². The zero-order chi connectivity index (χ0) is 32.8. The average Bonchev–Trinajstić information content (AvgIpc) is 2.99. The van der Waals surface area contributed by atoms with Crippen LogP contribution in [0.3, 0.4) is 0 Å². The van der Waals surface area contributed by atoms with E-state index in [2.05, 4.69) is 5.32 Å². The van der Waals surface area contributed by atoms with Crippen LogP contribution in [0.25, 0.3) is 0 Å². The normalized spacial score (nSPS) is 12.3. The summed E-state index contributed by atoms with van der Waals surface area (Å²) in [6, 6.07) is 27.4. The van der Waals surface area contributed by atoms with Gasteiger partial charge in [0.1, 0.15) is 18.4 Å². The van der Waals surface area contributed by atoms with E-state index in [4.69, 9.17) is 0 Å². The van der Waals surface area contributed by atoms with Crippen molar-refractivity contribution in [3.63, 3.8) is 0 Å². The number of halogens is 1. The van der Waals surface area contributed by atoms with Gasteiger partial charge in [0.2, 0.25) is 11.8 Å². The number of aryl methyl sites for hydroxylation is 2. The monoisotopic (exact) mass is 629 g/mol. The Hall–Kier alpha value is -4.50. The molecule has 0 saturated carbocycles. The highest BCUT2D eigenvalue weighted by Crippen LogP contribution is 2.28. The standard InChI is InChI=1S/C36H40FN3O4S/c1-26-20-21-32(27(2)22-26)40(45(43,44)30-17-10-7-11-18-30)25-34(41)39(24-29-16-12-13-19-31(29)37)33(35(42)38-36(3,4)5)23-28-14-8-6-9-15-28/h6-22,33H,23-25H2,1-5H3,(H,38,42)/t33-/m1/s1. The quantitative estimate of drug-likeness (QED) is 0.214. The predicted octanol–water partition coefficient (Wildman–Crippen LogP) is 6.19. The fourth-order valence-corrected chi connectivity index (χ4v) is 6.63. The molecule has 0 saturated heterocycles. The lowest BCUT2D eigenvalue weighted by Gasteiger charge is -2.35. The molecule has 1 atom stereocenters. The van der Waals surface area contributed by atoms with Gasteiger partial charge in [0.15, 0.2) is 0 Å². The predicted molar refractivity (Wildman–Crippen MR) is 176 cm³/mol. The summed E-state index contributed by atoms with van der Waals surface area (Å²) >= 11 is 0. The third kappa shape index (κ3) is 8.57. The lowest BCUT2D eigenvalue weighted by atomic mass is 10.0. The van der Waals surface area contributed by atoms with Crippen LogP contribution >= 0.6 is 0 Å². The minimum Gasteiger partial charge on any atom is -0.350 e. The molecule has 0 aromatic heterocycles. The van der Waals surface area contributed by atoms with Gasteiger partial charge in [-0.2, -0.15) is 0 Å². The molecule has 1 N–H and O–H groups in total. The topological polar surface area (TPSA) is 86.8 Å². The Labute approximate surface area is 265 Å². The molecule has 0 aliphatic carbocycles. The number of carbonyl (C=O) groups is 2. The molecule has 236 valence electrons. The zero-order valence-corrected chi connectivity index (χ0v) is 27.1. The third-order valence-corrected chi connectivity index (χ3v) is 9.07. The van der Waals surface area contributed by atoms with Gasteiger partial charge in [-0.05, 0) is 70.0 Å². The van der Waals surface area contributed by atoms with Crippen molar-refractivity contribution in [1.29, 1.82) is 0 Å². The lowest BCUT2D eigenvalue weighted by Crippen LogP contribution is -2.56.